The third-order valence-corrected chi connectivity index (χ3v) is 5.35. The number of amides is 1. The van der Waals surface area contributed by atoms with Crippen molar-refractivity contribution in [3.63, 3.8) is 0 Å². The Balaban J connectivity index is 0.000000406. The van der Waals surface area contributed by atoms with Crippen LogP contribution in [0.3, 0.4) is 0 Å². The zero-order chi connectivity index (χ0) is 24.7. The summed E-state index contributed by atoms with van der Waals surface area (Å²) in [5, 5.41) is 14.3. The van der Waals surface area contributed by atoms with Crippen molar-refractivity contribution in [1.29, 1.82) is 0 Å². The molecule has 0 saturated carbocycles. The average Bonchev–Trinajstić information content (AvgIpc) is 2.82. The summed E-state index contributed by atoms with van der Waals surface area (Å²) < 4.78 is 31.7. The van der Waals surface area contributed by atoms with Gasteiger partial charge in [0.15, 0.2) is 0 Å². The predicted octanol–water partition coefficient (Wildman–Crippen LogP) is 4.48. The number of hydrogen-bond acceptors (Lipinski definition) is 4. The number of carboxylic acids is 1. The third-order valence-electron chi connectivity index (χ3n) is 5.10. The number of hydrogen-bond donors (Lipinski definition) is 3. The lowest BCUT2D eigenvalue weighted by molar-refractivity contribution is -0.192. The maximum absolute atomic E-state index is 12.6. The Morgan fingerprint density at radius 3 is 2.35 bits per heavy atom. The first kappa shape index (κ1) is 25.2. The van der Waals surface area contributed by atoms with Gasteiger partial charge in [0.05, 0.1) is 5.56 Å². The molecule has 2 heterocycles. The van der Waals surface area contributed by atoms with Crippen molar-refractivity contribution in [1.82, 2.24) is 15.6 Å². The zero-order valence-corrected chi connectivity index (χ0v) is 18.5. The zero-order valence-electron chi connectivity index (χ0n) is 17.8. The van der Waals surface area contributed by atoms with Gasteiger partial charge in [-0.15, -0.1) is 0 Å². The number of halogens is 4. The molecule has 6 nitrogen and oxygen atoms in total. The van der Waals surface area contributed by atoms with E-state index in [9.17, 15) is 18.0 Å². The van der Waals surface area contributed by atoms with Gasteiger partial charge in [0.2, 0.25) is 0 Å². The Morgan fingerprint density at radius 1 is 1.06 bits per heavy atom. The molecular weight excluding hydrogens is 471 g/mol. The molecule has 4 rings (SSSR count). The topological polar surface area (TPSA) is 91.3 Å². The summed E-state index contributed by atoms with van der Waals surface area (Å²) in [6, 6.07) is 18.0. The quantitative estimate of drug-likeness (QED) is 0.500. The molecule has 1 aliphatic heterocycles. The molecule has 0 saturated heterocycles. The molecule has 0 aliphatic carbocycles. The van der Waals surface area contributed by atoms with Crippen LogP contribution in [0.15, 0.2) is 67.0 Å². The fraction of sp³-hybridized carbons (Fsp3) is 0.208. The molecule has 1 amide bonds. The molecule has 0 radical (unpaired) electrons. The maximum Gasteiger partial charge on any atom is 0.490 e. The smallest absolute Gasteiger partial charge is 0.475 e. The molecule has 3 aromatic rings. The number of rotatable bonds is 4. The second-order valence-corrected chi connectivity index (χ2v) is 7.97. The van der Waals surface area contributed by atoms with Crippen LogP contribution in [0.1, 0.15) is 21.5 Å². The van der Waals surface area contributed by atoms with Crippen molar-refractivity contribution in [2.45, 2.75) is 25.2 Å². The van der Waals surface area contributed by atoms with Gasteiger partial charge >= 0.3 is 12.1 Å². The maximum atomic E-state index is 12.6. The number of benzene rings is 2. The largest absolute Gasteiger partial charge is 0.490 e. The van der Waals surface area contributed by atoms with E-state index >= 15 is 0 Å². The number of aliphatic carboxylic acids is 1. The minimum Gasteiger partial charge on any atom is -0.475 e. The van der Waals surface area contributed by atoms with Crippen LogP contribution in [0.5, 0.6) is 0 Å². The lowest BCUT2D eigenvalue weighted by atomic mass is 9.96. The number of nitrogens with zero attached hydrogens (tertiary/aromatic N) is 1. The normalized spacial score (nSPS) is 14.9. The minimum absolute atomic E-state index is 0.112. The van der Waals surface area contributed by atoms with E-state index in [1.165, 1.54) is 11.1 Å². The van der Waals surface area contributed by atoms with Crippen LogP contribution in [0.25, 0.3) is 11.1 Å². The summed E-state index contributed by atoms with van der Waals surface area (Å²) in [5.41, 5.74) is 5.11. The Kier molecular flexibility index (Phi) is 8.25. The molecule has 0 spiro atoms. The van der Waals surface area contributed by atoms with Crippen LogP contribution in [-0.4, -0.2) is 40.7 Å². The summed E-state index contributed by atoms with van der Waals surface area (Å²) in [6.07, 6.45) is -0.822. The number of fused-ring (bicyclic) bond motifs is 1. The molecule has 34 heavy (non-hydrogen) atoms. The number of pyridine rings is 1. The van der Waals surface area contributed by atoms with Gasteiger partial charge in [-0.1, -0.05) is 48.0 Å². The second-order valence-electron chi connectivity index (χ2n) is 7.53. The highest BCUT2D eigenvalue weighted by molar-refractivity contribution is 6.30. The van der Waals surface area contributed by atoms with Gasteiger partial charge in [-0.3, -0.25) is 9.78 Å². The van der Waals surface area contributed by atoms with Crippen LogP contribution < -0.4 is 10.6 Å². The highest BCUT2D eigenvalue weighted by atomic mass is 35.5. The molecule has 0 fully saturated rings. The van der Waals surface area contributed by atoms with E-state index in [2.05, 4.69) is 39.9 Å². The second kappa shape index (κ2) is 11.1. The summed E-state index contributed by atoms with van der Waals surface area (Å²) in [6.45, 7) is 1.42. The molecule has 2 aromatic carbocycles. The van der Waals surface area contributed by atoms with Crippen molar-refractivity contribution in [3.8, 4) is 11.1 Å². The van der Waals surface area contributed by atoms with Crippen molar-refractivity contribution in [2.24, 2.45) is 0 Å². The highest BCUT2D eigenvalue weighted by Gasteiger charge is 2.38. The first-order valence-corrected chi connectivity index (χ1v) is 10.6. The number of nitrogens with one attached hydrogen (secondary N) is 2. The first-order chi connectivity index (χ1) is 16.1. The molecule has 1 atom stereocenters. The molecule has 1 aliphatic rings. The minimum atomic E-state index is -5.08. The lowest BCUT2D eigenvalue weighted by Crippen LogP contribution is -2.44. The van der Waals surface area contributed by atoms with Gasteiger partial charge in [0.1, 0.15) is 0 Å². The Hall–Kier alpha value is -3.43. The summed E-state index contributed by atoms with van der Waals surface area (Å²) in [5.74, 6) is -2.87. The first-order valence-electron chi connectivity index (χ1n) is 10.2. The Labute approximate surface area is 198 Å². The monoisotopic (exact) mass is 491 g/mol. The number of alkyl halides is 3. The molecule has 1 unspecified atom stereocenters. The van der Waals surface area contributed by atoms with Crippen LogP contribution in [0.4, 0.5) is 13.2 Å². The van der Waals surface area contributed by atoms with E-state index in [1.807, 2.05) is 30.3 Å². The third kappa shape index (κ3) is 7.03. The van der Waals surface area contributed by atoms with Gasteiger partial charge in [-0.05, 0) is 41.3 Å². The van der Waals surface area contributed by atoms with Crippen LogP contribution in [0, 0.1) is 0 Å². The van der Waals surface area contributed by atoms with Crippen molar-refractivity contribution < 1.29 is 27.9 Å². The van der Waals surface area contributed by atoms with Gasteiger partial charge in [0, 0.05) is 42.1 Å². The summed E-state index contributed by atoms with van der Waals surface area (Å²) in [7, 11) is 0. The standard InChI is InChI=1S/C22H20ClN3O.C2HF3O2/c23-20-7-5-15(6-8-20)18-9-19(12-24-11-18)22(27)26-14-21-10-16-3-1-2-4-17(16)13-25-21;3-2(4,5)1(6)7/h1-9,11-12,21,25H,10,13-14H2,(H,26,27);(H,6,7). The van der Waals surface area contributed by atoms with Crippen LogP contribution >= 0.6 is 11.6 Å². The van der Waals surface area contributed by atoms with E-state index in [4.69, 9.17) is 21.5 Å². The fourth-order valence-corrected chi connectivity index (χ4v) is 3.47. The van der Waals surface area contributed by atoms with Gasteiger partial charge in [-0.25, -0.2) is 4.79 Å². The summed E-state index contributed by atoms with van der Waals surface area (Å²) in [4.78, 5) is 25.7. The molecular formula is C24H21ClF3N3O3. The Morgan fingerprint density at radius 2 is 1.71 bits per heavy atom. The van der Waals surface area contributed by atoms with Crippen LogP contribution in [-0.2, 0) is 17.8 Å². The van der Waals surface area contributed by atoms with E-state index in [0.717, 1.165) is 24.1 Å². The lowest BCUT2D eigenvalue weighted by Gasteiger charge is -2.26. The summed E-state index contributed by atoms with van der Waals surface area (Å²) >= 11 is 5.94. The number of carbonyl (C=O) groups excluding carboxylic acids is 1. The number of carboxylic acid groups (broad SMARTS) is 1. The van der Waals surface area contributed by atoms with Crippen LogP contribution in [0.2, 0.25) is 5.02 Å². The molecule has 1 aromatic heterocycles. The molecule has 178 valence electrons. The van der Waals surface area contributed by atoms with Gasteiger partial charge in [-0.2, -0.15) is 13.2 Å². The van der Waals surface area contributed by atoms with Crippen molar-refractivity contribution >= 4 is 23.5 Å². The van der Waals surface area contributed by atoms with Crippen molar-refractivity contribution in [3.05, 3.63) is 88.7 Å². The number of carbonyl (C=O) groups is 2. The molecule has 0 bridgehead atoms. The van der Waals surface area contributed by atoms with Crippen molar-refractivity contribution in [2.75, 3.05) is 6.54 Å². The Bertz CT molecular complexity index is 1150. The van der Waals surface area contributed by atoms with E-state index in [-0.39, 0.29) is 11.9 Å². The molecule has 10 heteroatoms. The van der Waals surface area contributed by atoms with E-state index < -0.39 is 12.1 Å². The van der Waals surface area contributed by atoms with Gasteiger partial charge < -0.3 is 15.7 Å². The van der Waals surface area contributed by atoms with Gasteiger partial charge in [0.25, 0.3) is 5.91 Å². The average molecular weight is 492 g/mol. The fourth-order valence-electron chi connectivity index (χ4n) is 3.35. The number of aromatic nitrogens is 1. The predicted molar refractivity (Wildman–Crippen MR) is 121 cm³/mol. The molecule has 3 N–H and O–H groups in total. The highest BCUT2D eigenvalue weighted by Crippen LogP contribution is 2.22. The van der Waals surface area contributed by atoms with E-state index in [0.29, 0.717) is 17.1 Å². The van der Waals surface area contributed by atoms with E-state index in [1.54, 1.807) is 12.4 Å². The SMILES string of the molecule is O=C(NCC1Cc2ccccc2CN1)c1cncc(-c2ccc(Cl)cc2)c1.O=C(O)C(F)(F)F.